The van der Waals surface area contributed by atoms with Gasteiger partial charge in [-0.3, -0.25) is 9.36 Å². The van der Waals surface area contributed by atoms with Crippen molar-refractivity contribution in [3.05, 3.63) is 48.5 Å². The van der Waals surface area contributed by atoms with Crippen LogP contribution in [0.1, 0.15) is 38.4 Å². The van der Waals surface area contributed by atoms with Gasteiger partial charge < -0.3 is 24.0 Å². The number of fused-ring (bicyclic) bond motifs is 1. The molecule has 3 saturated heterocycles. The van der Waals surface area contributed by atoms with Crippen LogP contribution in [0, 0.1) is 5.92 Å². The molecule has 0 aliphatic carbocycles. The first kappa shape index (κ1) is 26.6. The average Bonchev–Trinajstić information content (AvgIpc) is 3.72. The van der Waals surface area contributed by atoms with Crippen molar-refractivity contribution in [1.82, 2.24) is 24.4 Å². The first-order chi connectivity index (χ1) is 19.3. The van der Waals surface area contributed by atoms with Gasteiger partial charge in [-0.05, 0) is 38.3 Å². The Balaban J connectivity index is 1.30. The first-order valence-electron chi connectivity index (χ1n) is 13.6. The SMILES string of the molecule is C=C(Oc1cc(-n2c(C(F)F)nc3ccccc32)nc(N2CCOCC2)n1)[C@H]1CCN(C(=O)C2(C)CCCO2)C1. The Morgan fingerprint density at radius 1 is 1.15 bits per heavy atom. The number of ether oxygens (including phenoxy) is 3. The molecule has 0 radical (unpaired) electrons. The summed E-state index contributed by atoms with van der Waals surface area (Å²) >= 11 is 0. The fraction of sp³-hybridized carbons (Fsp3) is 0.500. The summed E-state index contributed by atoms with van der Waals surface area (Å²) in [5.41, 5.74) is 0.162. The van der Waals surface area contributed by atoms with Crippen LogP contribution in [0.3, 0.4) is 0 Å². The second-order valence-electron chi connectivity index (χ2n) is 10.5. The lowest BCUT2D eigenvalue weighted by Crippen LogP contribution is -2.45. The molecule has 10 nitrogen and oxygen atoms in total. The number of benzene rings is 1. The van der Waals surface area contributed by atoms with Gasteiger partial charge in [0.1, 0.15) is 17.2 Å². The molecule has 40 heavy (non-hydrogen) atoms. The van der Waals surface area contributed by atoms with E-state index in [0.29, 0.717) is 81.6 Å². The van der Waals surface area contributed by atoms with Crippen LogP contribution >= 0.6 is 0 Å². The van der Waals surface area contributed by atoms with Crippen LogP contribution in [-0.4, -0.2) is 81.9 Å². The molecule has 3 aromatic rings. The number of likely N-dealkylation sites (tertiary alicyclic amines) is 1. The number of para-hydroxylation sites is 2. The van der Waals surface area contributed by atoms with E-state index in [1.807, 2.05) is 16.7 Å². The van der Waals surface area contributed by atoms with Gasteiger partial charge in [-0.15, -0.1) is 0 Å². The second kappa shape index (κ2) is 10.7. The molecule has 3 aliphatic rings. The fourth-order valence-corrected chi connectivity index (χ4v) is 5.61. The first-order valence-corrected chi connectivity index (χ1v) is 13.6. The van der Waals surface area contributed by atoms with Gasteiger partial charge in [0.25, 0.3) is 12.3 Å². The number of halogens is 2. The standard InChI is InChI=1S/C28H32F2N6O4/c1-18(19-8-10-35(17-19)26(37)28(2)9-5-13-39-28)40-23-16-22(32-27(33-23)34-11-14-38-15-12-34)36-21-7-4-3-6-20(21)31-25(36)24(29)30/h3-4,6-7,16,19,24H,1,5,8-15,17H2,2H3/t19-,28?/m0/s1. The van der Waals surface area contributed by atoms with E-state index in [9.17, 15) is 13.6 Å². The third-order valence-corrected chi connectivity index (χ3v) is 7.82. The zero-order chi connectivity index (χ0) is 27.9. The van der Waals surface area contributed by atoms with Crippen molar-refractivity contribution in [2.45, 2.75) is 38.2 Å². The minimum Gasteiger partial charge on any atom is -0.443 e. The number of morpholine rings is 1. The summed E-state index contributed by atoms with van der Waals surface area (Å²) in [6.45, 7) is 9.74. The Morgan fingerprint density at radius 3 is 2.70 bits per heavy atom. The zero-order valence-corrected chi connectivity index (χ0v) is 22.4. The predicted octanol–water partition coefficient (Wildman–Crippen LogP) is 3.90. The number of hydrogen-bond acceptors (Lipinski definition) is 8. The van der Waals surface area contributed by atoms with Crippen molar-refractivity contribution < 1.29 is 27.8 Å². The number of hydrogen-bond donors (Lipinski definition) is 0. The molecule has 1 aromatic carbocycles. The molecule has 6 rings (SSSR count). The van der Waals surface area contributed by atoms with Crippen molar-refractivity contribution in [3.8, 4) is 11.7 Å². The second-order valence-corrected chi connectivity index (χ2v) is 10.5. The smallest absolute Gasteiger partial charge is 0.296 e. The van der Waals surface area contributed by atoms with E-state index in [1.165, 1.54) is 10.6 Å². The van der Waals surface area contributed by atoms with E-state index in [4.69, 9.17) is 14.2 Å². The maximum Gasteiger partial charge on any atom is 0.296 e. The van der Waals surface area contributed by atoms with Crippen LogP contribution in [0.4, 0.5) is 14.7 Å². The molecule has 2 aromatic heterocycles. The van der Waals surface area contributed by atoms with Crippen LogP contribution < -0.4 is 9.64 Å². The summed E-state index contributed by atoms with van der Waals surface area (Å²) in [5, 5.41) is 0. The van der Waals surface area contributed by atoms with Crippen molar-refractivity contribution in [1.29, 1.82) is 0 Å². The molecule has 0 bridgehead atoms. The minimum atomic E-state index is -2.82. The summed E-state index contributed by atoms with van der Waals surface area (Å²) in [7, 11) is 0. The van der Waals surface area contributed by atoms with E-state index >= 15 is 0 Å². The molecule has 3 fully saturated rings. The van der Waals surface area contributed by atoms with E-state index in [2.05, 4.69) is 21.5 Å². The van der Waals surface area contributed by atoms with Crippen LogP contribution in [0.25, 0.3) is 16.9 Å². The molecule has 212 valence electrons. The molecular weight excluding hydrogens is 522 g/mol. The van der Waals surface area contributed by atoms with Crippen LogP contribution in [0.5, 0.6) is 5.88 Å². The lowest BCUT2D eigenvalue weighted by molar-refractivity contribution is -0.149. The van der Waals surface area contributed by atoms with Gasteiger partial charge >= 0.3 is 0 Å². The Morgan fingerprint density at radius 2 is 1.95 bits per heavy atom. The number of nitrogens with zero attached hydrogens (tertiary/aromatic N) is 6. The highest BCUT2D eigenvalue weighted by molar-refractivity contribution is 5.85. The van der Waals surface area contributed by atoms with Crippen LogP contribution in [-0.2, 0) is 14.3 Å². The molecule has 0 saturated carbocycles. The lowest BCUT2D eigenvalue weighted by Gasteiger charge is -2.28. The van der Waals surface area contributed by atoms with Gasteiger partial charge in [-0.1, -0.05) is 18.7 Å². The third-order valence-electron chi connectivity index (χ3n) is 7.82. The van der Waals surface area contributed by atoms with Gasteiger partial charge in [0, 0.05) is 44.8 Å². The van der Waals surface area contributed by atoms with Gasteiger partial charge in [-0.2, -0.15) is 9.97 Å². The van der Waals surface area contributed by atoms with Crippen molar-refractivity contribution >= 4 is 22.9 Å². The number of alkyl halides is 2. The molecule has 0 N–H and O–H groups in total. The number of rotatable bonds is 7. The van der Waals surface area contributed by atoms with Crippen LogP contribution in [0.15, 0.2) is 42.7 Å². The van der Waals surface area contributed by atoms with Gasteiger partial charge in [0.05, 0.1) is 24.2 Å². The number of aromatic nitrogens is 4. The monoisotopic (exact) mass is 554 g/mol. The van der Waals surface area contributed by atoms with Crippen molar-refractivity contribution in [2.24, 2.45) is 5.92 Å². The maximum absolute atomic E-state index is 14.1. The number of amides is 1. The normalized spacial score (nSPS) is 23.4. The topological polar surface area (TPSA) is 94.8 Å². The molecule has 2 atom stereocenters. The number of imidazole rings is 1. The summed E-state index contributed by atoms with van der Waals surface area (Å²) in [6.07, 6.45) is -0.546. The van der Waals surface area contributed by atoms with Gasteiger partial charge in [0.2, 0.25) is 11.8 Å². The quantitative estimate of drug-likeness (QED) is 0.406. The Bertz CT molecular complexity index is 1420. The zero-order valence-electron chi connectivity index (χ0n) is 22.4. The Kier molecular flexibility index (Phi) is 7.13. The average molecular weight is 555 g/mol. The minimum absolute atomic E-state index is 0.00857. The Hall–Kier alpha value is -3.64. The molecule has 1 unspecified atom stereocenters. The number of carbonyl (C=O) groups excluding carboxylic acids is 1. The molecule has 1 amide bonds. The number of carbonyl (C=O) groups is 1. The van der Waals surface area contributed by atoms with E-state index < -0.39 is 17.9 Å². The highest BCUT2D eigenvalue weighted by Gasteiger charge is 2.43. The van der Waals surface area contributed by atoms with E-state index in [1.54, 1.807) is 24.3 Å². The predicted molar refractivity (Wildman–Crippen MR) is 143 cm³/mol. The lowest BCUT2D eigenvalue weighted by atomic mass is 10.0. The Labute approximate surface area is 230 Å². The maximum atomic E-state index is 14.1. The number of anilines is 1. The van der Waals surface area contributed by atoms with E-state index in [0.717, 1.165) is 6.42 Å². The highest BCUT2D eigenvalue weighted by atomic mass is 19.3. The van der Waals surface area contributed by atoms with E-state index in [-0.39, 0.29) is 23.5 Å². The fourth-order valence-electron chi connectivity index (χ4n) is 5.61. The molecular formula is C28H32F2N6O4. The molecule has 0 spiro atoms. The van der Waals surface area contributed by atoms with Crippen LogP contribution in [0.2, 0.25) is 0 Å². The van der Waals surface area contributed by atoms with Gasteiger partial charge in [-0.25, -0.2) is 13.8 Å². The molecule has 3 aliphatic heterocycles. The summed E-state index contributed by atoms with van der Waals surface area (Å²) in [5.74, 6) is 0.676. The summed E-state index contributed by atoms with van der Waals surface area (Å²) in [6, 6.07) is 8.46. The van der Waals surface area contributed by atoms with Gasteiger partial charge in [0.15, 0.2) is 5.82 Å². The van der Waals surface area contributed by atoms with Crippen molar-refractivity contribution in [3.63, 3.8) is 0 Å². The summed E-state index contributed by atoms with van der Waals surface area (Å²) in [4.78, 5) is 30.3. The molecule has 5 heterocycles. The summed E-state index contributed by atoms with van der Waals surface area (Å²) < 4.78 is 47.0. The molecule has 12 heteroatoms. The van der Waals surface area contributed by atoms with Crippen molar-refractivity contribution in [2.75, 3.05) is 50.9 Å². The highest BCUT2D eigenvalue weighted by Crippen LogP contribution is 2.33. The largest absolute Gasteiger partial charge is 0.443 e. The third kappa shape index (κ3) is 5.01.